The number of nitrogens with zero attached hydrogens (tertiary/aromatic N) is 4. The average Bonchev–Trinajstić information content (AvgIpc) is 3.32. The molecule has 2 aromatic heterocycles. The molecule has 1 saturated heterocycles. The highest BCUT2D eigenvalue weighted by Crippen LogP contribution is 2.40. The first-order chi connectivity index (χ1) is 12.3. The van der Waals surface area contributed by atoms with Crippen LogP contribution in [-0.2, 0) is 4.74 Å². The molecular weight excluding hydrogens is 352 g/mol. The van der Waals surface area contributed by atoms with Crippen LogP contribution in [0, 0.1) is 0 Å². The van der Waals surface area contributed by atoms with Crippen LogP contribution in [0.2, 0.25) is 5.15 Å². The summed E-state index contributed by atoms with van der Waals surface area (Å²) in [5.41, 5.74) is 2.12. The van der Waals surface area contributed by atoms with Crippen LogP contribution in [-0.4, -0.2) is 37.7 Å². The number of rotatable bonds is 2. The molecule has 1 unspecified atom stereocenters. The Balaban J connectivity index is 1.65. The van der Waals surface area contributed by atoms with Crippen LogP contribution in [0.3, 0.4) is 0 Å². The van der Waals surface area contributed by atoms with Gasteiger partial charge in [-0.2, -0.15) is 5.10 Å². The van der Waals surface area contributed by atoms with Gasteiger partial charge >= 0.3 is 6.09 Å². The van der Waals surface area contributed by atoms with Crippen molar-refractivity contribution in [1.29, 1.82) is 0 Å². The van der Waals surface area contributed by atoms with Gasteiger partial charge < -0.3 is 4.74 Å². The zero-order valence-corrected chi connectivity index (χ0v) is 16.3. The van der Waals surface area contributed by atoms with Gasteiger partial charge in [0.25, 0.3) is 0 Å². The van der Waals surface area contributed by atoms with Crippen molar-refractivity contribution in [1.82, 2.24) is 19.5 Å². The van der Waals surface area contributed by atoms with Crippen molar-refractivity contribution in [3.63, 3.8) is 0 Å². The van der Waals surface area contributed by atoms with E-state index in [-0.39, 0.29) is 12.1 Å². The first-order valence-electron chi connectivity index (χ1n) is 9.37. The molecule has 2 aromatic rings. The summed E-state index contributed by atoms with van der Waals surface area (Å²) in [4.78, 5) is 19.2. The summed E-state index contributed by atoms with van der Waals surface area (Å²) in [5.74, 6) is 0.531. The van der Waals surface area contributed by atoms with Gasteiger partial charge in [0, 0.05) is 24.2 Å². The second kappa shape index (κ2) is 6.41. The molecule has 6 nitrogen and oxygen atoms in total. The Labute approximate surface area is 158 Å². The van der Waals surface area contributed by atoms with Crippen molar-refractivity contribution < 1.29 is 9.53 Å². The number of aromatic nitrogens is 3. The van der Waals surface area contributed by atoms with Crippen LogP contribution in [0.5, 0.6) is 0 Å². The topological polar surface area (TPSA) is 59.7 Å². The van der Waals surface area contributed by atoms with Gasteiger partial charge in [0.15, 0.2) is 5.65 Å². The predicted octanol–water partition coefficient (Wildman–Crippen LogP) is 4.72. The Morgan fingerprint density at radius 1 is 1.19 bits per heavy atom. The molecule has 140 valence electrons. The summed E-state index contributed by atoms with van der Waals surface area (Å²) < 4.78 is 7.27. The Morgan fingerprint density at radius 2 is 1.96 bits per heavy atom. The molecule has 0 bridgehead atoms. The maximum absolute atomic E-state index is 12.7. The van der Waals surface area contributed by atoms with Crippen molar-refractivity contribution >= 4 is 23.3 Å². The first kappa shape index (κ1) is 17.6. The molecular formula is C19H25ClN4O2. The second-order valence-electron chi connectivity index (χ2n) is 8.30. The van der Waals surface area contributed by atoms with Crippen molar-refractivity contribution in [3.8, 4) is 0 Å². The van der Waals surface area contributed by atoms with Crippen molar-refractivity contribution in [2.24, 2.45) is 0 Å². The average molecular weight is 377 g/mol. The molecule has 0 aromatic carbocycles. The fraction of sp³-hybridized carbons (Fsp3) is 0.632. The minimum absolute atomic E-state index is 0.0965. The molecule has 0 N–H and O–H groups in total. The Morgan fingerprint density at radius 3 is 2.65 bits per heavy atom. The summed E-state index contributed by atoms with van der Waals surface area (Å²) in [6, 6.07) is 3.78. The third-order valence-corrected chi connectivity index (χ3v) is 5.16. The molecule has 7 heteroatoms. The standard InChI is InChI=1S/C19H25ClN4O2/c1-19(2,3)26-18(25)23-9-5-4-6-15(23)14-11-17-21-13(12-7-8-12)10-16(20)24(17)22-14/h10-12,15H,4-9H2,1-3H3. The van der Waals surface area contributed by atoms with Gasteiger partial charge in [0.1, 0.15) is 10.8 Å². The number of ether oxygens (including phenoxy) is 1. The summed E-state index contributed by atoms with van der Waals surface area (Å²) in [6.07, 6.45) is 4.98. The third-order valence-electron chi connectivity index (χ3n) is 4.89. The highest BCUT2D eigenvalue weighted by Gasteiger charge is 2.33. The maximum Gasteiger partial charge on any atom is 0.410 e. The van der Waals surface area contributed by atoms with Crippen LogP contribution in [0.25, 0.3) is 5.65 Å². The van der Waals surface area contributed by atoms with Gasteiger partial charge in [-0.05, 0) is 58.9 Å². The van der Waals surface area contributed by atoms with Crippen molar-refractivity contribution in [2.45, 2.75) is 70.4 Å². The highest BCUT2D eigenvalue weighted by molar-refractivity contribution is 6.29. The number of carbonyl (C=O) groups is 1. The number of halogens is 1. The highest BCUT2D eigenvalue weighted by atomic mass is 35.5. The van der Waals surface area contributed by atoms with Crippen LogP contribution in [0.1, 0.15) is 76.2 Å². The quantitative estimate of drug-likeness (QED) is 0.711. The predicted molar refractivity (Wildman–Crippen MR) is 99.5 cm³/mol. The zero-order valence-electron chi connectivity index (χ0n) is 15.5. The minimum atomic E-state index is -0.512. The smallest absolute Gasteiger partial charge is 0.410 e. The van der Waals surface area contributed by atoms with E-state index in [0.717, 1.165) is 36.3 Å². The second-order valence-corrected chi connectivity index (χ2v) is 8.69. The van der Waals surface area contributed by atoms with Crippen molar-refractivity contribution in [2.75, 3.05) is 6.54 Å². The number of carbonyl (C=O) groups excluding carboxylic acids is 1. The summed E-state index contributed by atoms with van der Waals surface area (Å²) >= 11 is 6.43. The van der Waals surface area contributed by atoms with Crippen LogP contribution >= 0.6 is 11.6 Å². The molecule has 26 heavy (non-hydrogen) atoms. The Bertz CT molecular complexity index is 838. The lowest BCUT2D eigenvalue weighted by molar-refractivity contribution is 0.00898. The molecule has 2 aliphatic rings. The molecule has 0 radical (unpaired) electrons. The van der Waals surface area contributed by atoms with Crippen LogP contribution < -0.4 is 0 Å². The minimum Gasteiger partial charge on any atom is -0.444 e. The molecule has 1 atom stereocenters. The summed E-state index contributed by atoms with van der Waals surface area (Å²) in [6.45, 7) is 6.34. The van der Waals surface area contributed by atoms with Gasteiger partial charge in [0.05, 0.1) is 11.7 Å². The number of piperidine rings is 1. The fourth-order valence-electron chi connectivity index (χ4n) is 3.50. The molecule has 1 aliphatic heterocycles. The van der Waals surface area contributed by atoms with Gasteiger partial charge in [-0.1, -0.05) is 11.6 Å². The normalized spacial score (nSPS) is 21.2. The number of hydrogen-bond donors (Lipinski definition) is 0. The zero-order chi connectivity index (χ0) is 18.5. The fourth-order valence-corrected chi connectivity index (χ4v) is 3.74. The number of fused-ring (bicyclic) bond motifs is 1. The monoisotopic (exact) mass is 376 g/mol. The van der Waals surface area contributed by atoms with E-state index in [4.69, 9.17) is 21.3 Å². The lowest BCUT2D eigenvalue weighted by atomic mass is 10.00. The van der Waals surface area contributed by atoms with E-state index in [1.54, 1.807) is 9.42 Å². The molecule has 0 spiro atoms. The lowest BCUT2D eigenvalue weighted by Crippen LogP contribution is -2.42. The van der Waals surface area contributed by atoms with E-state index >= 15 is 0 Å². The SMILES string of the molecule is CC(C)(C)OC(=O)N1CCCCC1c1cc2nc(C3CC3)cc(Cl)n2n1. The first-order valence-corrected chi connectivity index (χ1v) is 9.75. The van der Waals surface area contributed by atoms with Gasteiger partial charge in [0.2, 0.25) is 0 Å². The number of likely N-dealkylation sites (tertiary alicyclic amines) is 1. The van der Waals surface area contributed by atoms with Crippen molar-refractivity contribution in [3.05, 3.63) is 28.7 Å². The van der Waals surface area contributed by atoms with Gasteiger partial charge in [-0.3, -0.25) is 4.90 Å². The van der Waals surface area contributed by atoms with Gasteiger partial charge in [-0.25, -0.2) is 14.3 Å². The molecule has 3 heterocycles. The number of amides is 1. The van der Waals surface area contributed by atoms with E-state index < -0.39 is 5.60 Å². The lowest BCUT2D eigenvalue weighted by Gasteiger charge is -2.35. The Kier molecular flexibility index (Phi) is 4.34. The van der Waals surface area contributed by atoms with Gasteiger partial charge in [-0.15, -0.1) is 0 Å². The van der Waals surface area contributed by atoms with E-state index in [1.165, 1.54) is 12.8 Å². The molecule has 1 saturated carbocycles. The number of hydrogen-bond acceptors (Lipinski definition) is 4. The summed E-state index contributed by atoms with van der Waals surface area (Å²) in [7, 11) is 0. The summed E-state index contributed by atoms with van der Waals surface area (Å²) in [5, 5.41) is 5.23. The third kappa shape index (κ3) is 3.52. The van der Waals surface area contributed by atoms with E-state index in [2.05, 4.69) is 5.10 Å². The van der Waals surface area contributed by atoms with Crippen LogP contribution in [0.4, 0.5) is 4.79 Å². The molecule has 1 amide bonds. The van der Waals surface area contributed by atoms with E-state index in [0.29, 0.717) is 17.6 Å². The molecule has 4 rings (SSSR count). The Hall–Kier alpha value is -1.82. The largest absolute Gasteiger partial charge is 0.444 e. The maximum atomic E-state index is 12.7. The van der Waals surface area contributed by atoms with E-state index in [1.807, 2.05) is 32.9 Å². The van der Waals surface area contributed by atoms with Crippen LogP contribution in [0.15, 0.2) is 12.1 Å². The van der Waals surface area contributed by atoms with E-state index in [9.17, 15) is 4.79 Å². The molecule has 2 fully saturated rings. The molecule has 1 aliphatic carbocycles.